The Bertz CT molecular complexity index is 546. The predicted octanol–water partition coefficient (Wildman–Crippen LogP) is 1.72. The number of carbonyl (C=O) groups excluding carboxylic acids is 1. The standard InChI is InChI=1S/C13H15N3O2/c1-9-3-6-12(18-9)16(2)13(17)11-5-4-10(7-14)8-15-11/h3-6,8H,7,14H2,1-2H3. The van der Waals surface area contributed by atoms with Gasteiger partial charge in [0.2, 0.25) is 5.88 Å². The molecular formula is C13H15N3O2. The molecule has 0 saturated heterocycles. The number of anilines is 1. The van der Waals surface area contributed by atoms with Crippen LogP contribution in [0.3, 0.4) is 0 Å². The molecule has 0 radical (unpaired) electrons. The number of aryl methyl sites for hydroxylation is 1. The molecule has 1 amide bonds. The van der Waals surface area contributed by atoms with E-state index >= 15 is 0 Å². The van der Waals surface area contributed by atoms with Crippen molar-refractivity contribution in [3.8, 4) is 0 Å². The van der Waals surface area contributed by atoms with Crippen LogP contribution in [0, 0.1) is 6.92 Å². The van der Waals surface area contributed by atoms with Gasteiger partial charge in [0.1, 0.15) is 11.5 Å². The summed E-state index contributed by atoms with van der Waals surface area (Å²) < 4.78 is 5.39. The highest BCUT2D eigenvalue weighted by atomic mass is 16.4. The molecule has 2 aromatic heterocycles. The summed E-state index contributed by atoms with van der Waals surface area (Å²) in [7, 11) is 1.65. The molecule has 0 unspecified atom stereocenters. The lowest BCUT2D eigenvalue weighted by Gasteiger charge is -2.13. The van der Waals surface area contributed by atoms with Crippen molar-refractivity contribution in [3.05, 3.63) is 47.5 Å². The average Bonchev–Trinajstić information content (AvgIpc) is 2.84. The van der Waals surface area contributed by atoms with E-state index < -0.39 is 0 Å². The van der Waals surface area contributed by atoms with Gasteiger partial charge in [0, 0.05) is 25.9 Å². The molecule has 0 aromatic carbocycles. The first-order chi connectivity index (χ1) is 8.61. The summed E-state index contributed by atoms with van der Waals surface area (Å²) in [6.45, 7) is 2.24. The normalized spacial score (nSPS) is 10.4. The number of carbonyl (C=O) groups is 1. The maximum absolute atomic E-state index is 12.1. The van der Waals surface area contributed by atoms with Gasteiger partial charge in [0.15, 0.2) is 0 Å². The molecule has 0 aliphatic carbocycles. The summed E-state index contributed by atoms with van der Waals surface area (Å²) in [4.78, 5) is 17.6. The second-order valence-electron chi connectivity index (χ2n) is 4.00. The Morgan fingerprint density at radius 2 is 2.17 bits per heavy atom. The number of hydrogen-bond donors (Lipinski definition) is 1. The van der Waals surface area contributed by atoms with Crippen LogP contribution in [0.1, 0.15) is 21.8 Å². The molecule has 0 atom stereocenters. The lowest BCUT2D eigenvalue weighted by atomic mass is 10.2. The Balaban J connectivity index is 2.19. The van der Waals surface area contributed by atoms with Crippen molar-refractivity contribution >= 4 is 11.8 Å². The van der Waals surface area contributed by atoms with Crippen LogP contribution in [0.5, 0.6) is 0 Å². The maximum atomic E-state index is 12.1. The molecule has 18 heavy (non-hydrogen) atoms. The molecule has 0 spiro atoms. The fraction of sp³-hybridized carbons (Fsp3) is 0.231. The molecule has 2 rings (SSSR count). The Hall–Kier alpha value is -2.14. The summed E-state index contributed by atoms with van der Waals surface area (Å²) in [5.74, 6) is 1.05. The number of amides is 1. The third-order valence-electron chi connectivity index (χ3n) is 2.64. The van der Waals surface area contributed by atoms with E-state index in [9.17, 15) is 4.79 Å². The Morgan fingerprint density at radius 3 is 2.67 bits per heavy atom. The van der Waals surface area contributed by atoms with Crippen molar-refractivity contribution in [2.24, 2.45) is 5.73 Å². The summed E-state index contributed by atoms with van der Waals surface area (Å²) in [5, 5.41) is 0. The number of nitrogens with zero attached hydrogens (tertiary/aromatic N) is 2. The highest BCUT2D eigenvalue weighted by Gasteiger charge is 2.17. The second-order valence-corrected chi connectivity index (χ2v) is 4.00. The van der Waals surface area contributed by atoms with Gasteiger partial charge in [-0.15, -0.1) is 0 Å². The summed E-state index contributed by atoms with van der Waals surface area (Å²) in [6, 6.07) is 7.02. The van der Waals surface area contributed by atoms with Gasteiger partial charge in [-0.05, 0) is 24.6 Å². The van der Waals surface area contributed by atoms with Crippen molar-refractivity contribution in [2.45, 2.75) is 13.5 Å². The van der Waals surface area contributed by atoms with E-state index in [1.165, 1.54) is 4.90 Å². The van der Waals surface area contributed by atoms with Gasteiger partial charge in [-0.25, -0.2) is 0 Å². The Kier molecular flexibility index (Phi) is 3.43. The van der Waals surface area contributed by atoms with E-state index in [2.05, 4.69) is 4.98 Å². The van der Waals surface area contributed by atoms with E-state index in [1.54, 1.807) is 31.4 Å². The Labute approximate surface area is 105 Å². The molecule has 2 heterocycles. The minimum Gasteiger partial charge on any atom is -0.445 e. The monoisotopic (exact) mass is 245 g/mol. The first kappa shape index (κ1) is 12.3. The lowest BCUT2D eigenvalue weighted by Crippen LogP contribution is -2.26. The van der Waals surface area contributed by atoms with E-state index in [1.807, 2.05) is 13.0 Å². The van der Waals surface area contributed by atoms with Gasteiger partial charge >= 0.3 is 0 Å². The SMILES string of the molecule is Cc1ccc(N(C)C(=O)c2ccc(CN)cn2)o1. The van der Waals surface area contributed by atoms with Crippen molar-refractivity contribution in [3.63, 3.8) is 0 Å². The average molecular weight is 245 g/mol. The van der Waals surface area contributed by atoms with Crippen LogP contribution in [0.2, 0.25) is 0 Å². The maximum Gasteiger partial charge on any atom is 0.278 e. The minimum atomic E-state index is -0.215. The number of nitrogens with two attached hydrogens (primary N) is 1. The molecule has 0 fully saturated rings. The molecule has 0 bridgehead atoms. The molecule has 0 aliphatic rings. The van der Waals surface area contributed by atoms with Crippen LogP contribution in [-0.2, 0) is 6.54 Å². The van der Waals surface area contributed by atoms with Gasteiger partial charge in [-0.1, -0.05) is 6.07 Å². The first-order valence-corrected chi connectivity index (χ1v) is 5.61. The number of pyridine rings is 1. The topological polar surface area (TPSA) is 72.4 Å². The molecule has 94 valence electrons. The fourth-order valence-corrected chi connectivity index (χ4v) is 1.55. The van der Waals surface area contributed by atoms with Crippen molar-refractivity contribution in [1.82, 2.24) is 4.98 Å². The first-order valence-electron chi connectivity index (χ1n) is 5.61. The van der Waals surface area contributed by atoms with Crippen molar-refractivity contribution in [1.29, 1.82) is 0 Å². The number of rotatable bonds is 3. The molecule has 0 aliphatic heterocycles. The summed E-state index contributed by atoms with van der Waals surface area (Å²) >= 11 is 0. The van der Waals surface area contributed by atoms with Gasteiger partial charge in [0.25, 0.3) is 5.91 Å². The molecule has 5 nitrogen and oxygen atoms in total. The van der Waals surface area contributed by atoms with Crippen molar-refractivity contribution < 1.29 is 9.21 Å². The fourth-order valence-electron chi connectivity index (χ4n) is 1.55. The van der Waals surface area contributed by atoms with E-state index in [0.29, 0.717) is 18.1 Å². The number of aromatic nitrogens is 1. The van der Waals surface area contributed by atoms with E-state index in [-0.39, 0.29) is 5.91 Å². The molecule has 0 saturated carbocycles. The van der Waals surface area contributed by atoms with Gasteiger partial charge in [-0.2, -0.15) is 0 Å². The van der Waals surface area contributed by atoms with Crippen LogP contribution in [0.25, 0.3) is 0 Å². The molecule has 2 N–H and O–H groups in total. The predicted molar refractivity (Wildman–Crippen MR) is 68.3 cm³/mol. The van der Waals surface area contributed by atoms with Crippen LogP contribution in [0.4, 0.5) is 5.88 Å². The molecule has 2 aromatic rings. The molecule has 5 heteroatoms. The van der Waals surface area contributed by atoms with Gasteiger partial charge in [-0.3, -0.25) is 14.7 Å². The zero-order valence-corrected chi connectivity index (χ0v) is 10.4. The van der Waals surface area contributed by atoms with Crippen LogP contribution in [0.15, 0.2) is 34.9 Å². The zero-order chi connectivity index (χ0) is 13.1. The van der Waals surface area contributed by atoms with Gasteiger partial charge in [0.05, 0.1) is 0 Å². The highest BCUT2D eigenvalue weighted by molar-refractivity contribution is 6.03. The zero-order valence-electron chi connectivity index (χ0n) is 10.4. The molecular weight excluding hydrogens is 230 g/mol. The lowest BCUT2D eigenvalue weighted by molar-refractivity contribution is 0.0984. The van der Waals surface area contributed by atoms with Crippen LogP contribution >= 0.6 is 0 Å². The van der Waals surface area contributed by atoms with Crippen molar-refractivity contribution in [2.75, 3.05) is 11.9 Å². The minimum absolute atomic E-state index is 0.215. The smallest absolute Gasteiger partial charge is 0.278 e. The third kappa shape index (κ3) is 2.41. The second kappa shape index (κ2) is 5.01. The van der Waals surface area contributed by atoms with Crippen LogP contribution < -0.4 is 10.6 Å². The van der Waals surface area contributed by atoms with E-state index in [4.69, 9.17) is 10.2 Å². The summed E-state index contributed by atoms with van der Waals surface area (Å²) in [5.41, 5.74) is 6.74. The number of hydrogen-bond acceptors (Lipinski definition) is 4. The van der Waals surface area contributed by atoms with E-state index in [0.717, 1.165) is 11.3 Å². The quantitative estimate of drug-likeness (QED) is 0.893. The largest absolute Gasteiger partial charge is 0.445 e. The number of furan rings is 1. The van der Waals surface area contributed by atoms with Crippen LogP contribution in [-0.4, -0.2) is 17.9 Å². The summed E-state index contributed by atoms with van der Waals surface area (Å²) in [6.07, 6.45) is 1.61. The highest BCUT2D eigenvalue weighted by Crippen LogP contribution is 2.18. The Morgan fingerprint density at radius 1 is 1.39 bits per heavy atom. The van der Waals surface area contributed by atoms with Gasteiger partial charge < -0.3 is 10.2 Å². The third-order valence-corrected chi connectivity index (χ3v) is 2.64.